The highest BCUT2D eigenvalue weighted by Gasteiger charge is 2.74. The van der Waals surface area contributed by atoms with Crippen molar-refractivity contribution in [2.24, 2.45) is 0 Å². The number of amides is 1. The summed E-state index contributed by atoms with van der Waals surface area (Å²) in [5, 5.41) is 0. The zero-order valence-electron chi connectivity index (χ0n) is 7.99. The molecule has 2 aliphatic rings. The molecule has 2 rings (SSSR count). The van der Waals surface area contributed by atoms with Gasteiger partial charge in [-0.05, 0) is 0 Å². The highest BCUT2D eigenvalue weighted by atomic mass is 19.3. The number of hydrogen-bond acceptors (Lipinski definition) is 3. The van der Waals surface area contributed by atoms with Crippen LogP contribution in [0.3, 0.4) is 0 Å². The fourth-order valence-electron chi connectivity index (χ4n) is 1.69. The summed E-state index contributed by atoms with van der Waals surface area (Å²) in [6, 6.07) is -1.15. The van der Waals surface area contributed by atoms with Crippen LogP contribution in [0.2, 0.25) is 0 Å². The van der Waals surface area contributed by atoms with Crippen molar-refractivity contribution in [2.45, 2.75) is 18.1 Å². The monoisotopic (exact) mass is 219 g/mol. The summed E-state index contributed by atoms with van der Waals surface area (Å²) in [7, 11) is 0. The highest BCUT2D eigenvalue weighted by molar-refractivity contribution is 5.69. The lowest BCUT2D eigenvalue weighted by Gasteiger charge is -2.24. The van der Waals surface area contributed by atoms with Gasteiger partial charge in [0, 0.05) is 6.54 Å². The zero-order chi connectivity index (χ0) is 11.1. The lowest BCUT2D eigenvalue weighted by Crippen LogP contribution is -2.42. The molecule has 2 atom stereocenters. The Morgan fingerprint density at radius 3 is 3.13 bits per heavy atom. The van der Waals surface area contributed by atoms with E-state index in [1.807, 2.05) is 0 Å². The molecule has 0 radical (unpaired) electrons. The fourth-order valence-corrected chi connectivity index (χ4v) is 1.69. The van der Waals surface area contributed by atoms with E-state index in [2.05, 4.69) is 6.58 Å². The van der Waals surface area contributed by atoms with E-state index >= 15 is 0 Å². The number of rotatable bonds is 2. The van der Waals surface area contributed by atoms with Crippen LogP contribution in [0.25, 0.3) is 0 Å². The number of ether oxygens (including phenoxy) is 2. The van der Waals surface area contributed by atoms with E-state index in [1.165, 1.54) is 6.08 Å². The van der Waals surface area contributed by atoms with Gasteiger partial charge in [-0.1, -0.05) is 12.7 Å². The molecule has 0 aromatic carbocycles. The first-order chi connectivity index (χ1) is 7.09. The molecule has 1 aliphatic heterocycles. The molecule has 4 nitrogen and oxygen atoms in total. The van der Waals surface area contributed by atoms with Gasteiger partial charge in [0.2, 0.25) is 0 Å². The third-order valence-electron chi connectivity index (χ3n) is 2.48. The van der Waals surface area contributed by atoms with Crippen LogP contribution >= 0.6 is 0 Å². The Hall–Kier alpha value is -1.17. The maximum atomic E-state index is 13.0. The summed E-state index contributed by atoms with van der Waals surface area (Å²) in [4.78, 5) is 12.4. The van der Waals surface area contributed by atoms with Crippen LogP contribution in [-0.4, -0.2) is 48.8 Å². The van der Waals surface area contributed by atoms with Crippen LogP contribution < -0.4 is 0 Å². The van der Waals surface area contributed by atoms with Gasteiger partial charge < -0.3 is 9.47 Å². The van der Waals surface area contributed by atoms with Gasteiger partial charge in [-0.15, -0.1) is 0 Å². The van der Waals surface area contributed by atoms with Crippen molar-refractivity contribution in [2.75, 3.05) is 19.8 Å². The van der Waals surface area contributed by atoms with Gasteiger partial charge in [0.05, 0.1) is 6.61 Å². The van der Waals surface area contributed by atoms with Crippen molar-refractivity contribution >= 4 is 6.09 Å². The first-order valence-corrected chi connectivity index (χ1v) is 4.62. The second kappa shape index (κ2) is 3.44. The Balaban J connectivity index is 1.98. The quantitative estimate of drug-likeness (QED) is 0.651. The standard InChI is InChI=1S/C9H11F2NO3/c1-2-4-15-8(13)12-3-5-14-7-6(12)9(7,10)11/h2,6-7H,1,3-5H2. The van der Waals surface area contributed by atoms with Gasteiger partial charge in [-0.25, -0.2) is 13.6 Å². The van der Waals surface area contributed by atoms with Gasteiger partial charge in [0.1, 0.15) is 18.8 Å². The Bertz CT molecular complexity index is 295. The number of nitrogens with zero attached hydrogens (tertiary/aromatic N) is 1. The molecule has 0 N–H and O–H groups in total. The average Bonchev–Trinajstić information content (AvgIpc) is 2.79. The van der Waals surface area contributed by atoms with E-state index in [-0.39, 0.29) is 19.8 Å². The van der Waals surface area contributed by atoms with Crippen molar-refractivity contribution < 1.29 is 23.0 Å². The van der Waals surface area contributed by atoms with Crippen LogP contribution in [-0.2, 0) is 9.47 Å². The molecule has 84 valence electrons. The lowest BCUT2D eigenvalue weighted by atomic mass is 10.4. The molecule has 1 amide bonds. The van der Waals surface area contributed by atoms with Crippen LogP contribution in [0.5, 0.6) is 0 Å². The summed E-state index contributed by atoms with van der Waals surface area (Å²) in [5.41, 5.74) is 0. The van der Waals surface area contributed by atoms with E-state index in [0.29, 0.717) is 0 Å². The number of morpholine rings is 1. The van der Waals surface area contributed by atoms with E-state index in [9.17, 15) is 13.6 Å². The number of alkyl halides is 2. The molecule has 6 heteroatoms. The minimum absolute atomic E-state index is 0.0269. The number of carbonyl (C=O) groups is 1. The minimum Gasteiger partial charge on any atom is -0.445 e. The van der Waals surface area contributed by atoms with Crippen molar-refractivity contribution in [3.05, 3.63) is 12.7 Å². The van der Waals surface area contributed by atoms with Gasteiger partial charge in [-0.3, -0.25) is 4.90 Å². The van der Waals surface area contributed by atoms with Crippen molar-refractivity contribution in [3.8, 4) is 0 Å². The molecule has 1 aliphatic carbocycles. The molecule has 1 saturated heterocycles. The smallest absolute Gasteiger partial charge is 0.410 e. The summed E-state index contributed by atoms with van der Waals surface area (Å²) in [6.45, 7) is 3.66. The SMILES string of the molecule is C=CCOC(=O)N1CCOC2C1C2(F)F. The average molecular weight is 219 g/mol. The van der Waals surface area contributed by atoms with E-state index < -0.39 is 24.2 Å². The zero-order valence-corrected chi connectivity index (χ0v) is 7.99. The van der Waals surface area contributed by atoms with E-state index in [4.69, 9.17) is 9.47 Å². The molecule has 2 fully saturated rings. The molecule has 0 aromatic heterocycles. The van der Waals surface area contributed by atoms with Gasteiger partial charge in [0.25, 0.3) is 5.92 Å². The topological polar surface area (TPSA) is 38.8 Å². The predicted octanol–water partition coefficient (Wildman–Crippen LogP) is 1.03. The lowest BCUT2D eigenvalue weighted by molar-refractivity contribution is 0.00819. The molecule has 2 unspecified atom stereocenters. The third-order valence-corrected chi connectivity index (χ3v) is 2.48. The number of hydrogen-bond donors (Lipinski definition) is 0. The van der Waals surface area contributed by atoms with Crippen molar-refractivity contribution in [3.63, 3.8) is 0 Å². The summed E-state index contributed by atoms with van der Waals surface area (Å²) >= 11 is 0. The van der Waals surface area contributed by atoms with Crippen LogP contribution in [0, 0.1) is 0 Å². The summed E-state index contributed by atoms with van der Waals surface area (Å²) in [5.74, 6) is -2.93. The fraction of sp³-hybridized carbons (Fsp3) is 0.667. The second-order valence-corrected chi connectivity index (χ2v) is 3.47. The van der Waals surface area contributed by atoms with E-state index in [0.717, 1.165) is 4.90 Å². The molecule has 0 spiro atoms. The van der Waals surface area contributed by atoms with Gasteiger partial charge in [0.15, 0.2) is 0 Å². The Labute approximate surface area is 85.4 Å². The number of carbonyl (C=O) groups excluding carboxylic acids is 1. The van der Waals surface area contributed by atoms with E-state index in [1.54, 1.807) is 0 Å². The predicted molar refractivity (Wildman–Crippen MR) is 46.7 cm³/mol. The van der Waals surface area contributed by atoms with Crippen LogP contribution in [0.4, 0.5) is 13.6 Å². The molecule has 0 bridgehead atoms. The maximum absolute atomic E-state index is 13.0. The molecular formula is C9H11F2NO3. The Kier molecular flexibility index (Phi) is 2.38. The number of fused-ring (bicyclic) bond motifs is 1. The maximum Gasteiger partial charge on any atom is 0.410 e. The number of halogens is 2. The minimum atomic E-state index is -2.93. The summed E-state index contributed by atoms with van der Waals surface area (Å²) in [6.07, 6.45) is -0.492. The first kappa shape index (κ1) is 10.4. The van der Waals surface area contributed by atoms with Crippen LogP contribution in [0.1, 0.15) is 0 Å². The Morgan fingerprint density at radius 1 is 1.73 bits per heavy atom. The normalized spacial score (nSPS) is 31.7. The first-order valence-electron chi connectivity index (χ1n) is 4.62. The molecule has 15 heavy (non-hydrogen) atoms. The van der Waals surface area contributed by atoms with Gasteiger partial charge in [-0.2, -0.15) is 0 Å². The van der Waals surface area contributed by atoms with Gasteiger partial charge >= 0.3 is 6.09 Å². The van der Waals surface area contributed by atoms with Crippen LogP contribution in [0.15, 0.2) is 12.7 Å². The second-order valence-electron chi connectivity index (χ2n) is 3.47. The largest absolute Gasteiger partial charge is 0.445 e. The Morgan fingerprint density at radius 2 is 2.47 bits per heavy atom. The van der Waals surface area contributed by atoms with Crippen molar-refractivity contribution in [1.29, 1.82) is 0 Å². The molecule has 0 aromatic rings. The van der Waals surface area contributed by atoms with Crippen molar-refractivity contribution in [1.82, 2.24) is 4.90 Å². The molecule has 1 saturated carbocycles. The third kappa shape index (κ3) is 1.58. The molecule has 1 heterocycles. The highest BCUT2D eigenvalue weighted by Crippen LogP contribution is 2.50. The summed E-state index contributed by atoms with van der Waals surface area (Å²) < 4.78 is 35.6. The molecular weight excluding hydrogens is 208 g/mol.